The number of aromatic nitrogens is 2. The van der Waals surface area contributed by atoms with Gasteiger partial charge in [-0.3, -0.25) is 0 Å². The average Bonchev–Trinajstić information content (AvgIpc) is 2.78. The number of anilines is 1. The lowest BCUT2D eigenvalue weighted by molar-refractivity contribution is -0.105. The van der Waals surface area contributed by atoms with E-state index in [-0.39, 0.29) is 35.3 Å². The minimum atomic E-state index is -4.36. The van der Waals surface area contributed by atoms with Crippen LogP contribution in [0.5, 0.6) is 11.8 Å². The minimum Gasteiger partial charge on any atom is -0.480 e. The molecule has 0 saturated carbocycles. The van der Waals surface area contributed by atoms with E-state index >= 15 is 0 Å². The van der Waals surface area contributed by atoms with Gasteiger partial charge in [0.1, 0.15) is 29.6 Å². The molecule has 0 saturated heterocycles. The molecule has 2 heterocycles. The molecule has 0 fully saturated rings. The lowest BCUT2D eigenvalue weighted by Crippen LogP contribution is -2.12. The molecule has 6 nitrogen and oxygen atoms in total. The second-order valence-corrected chi connectivity index (χ2v) is 7.15. The highest BCUT2D eigenvalue weighted by Gasteiger charge is 2.27. The molecule has 3 aromatic rings. The molecule has 166 valence electrons. The molecule has 0 aliphatic rings. The maximum absolute atomic E-state index is 14.5. The number of halogens is 4. The number of nitrogens with one attached hydrogen (secondary N) is 1. The Morgan fingerprint density at radius 2 is 2.00 bits per heavy atom. The summed E-state index contributed by atoms with van der Waals surface area (Å²) in [6.07, 6.45) is -3.06. The van der Waals surface area contributed by atoms with Crippen LogP contribution < -0.4 is 14.2 Å². The fraction of sp³-hybridized carbons (Fsp3) is 0.190. The largest absolute Gasteiger partial charge is 0.480 e. The Morgan fingerprint density at radius 3 is 2.72 bits per heavy atom. The van der Waals surface area contributed by atoms with Crippen LogP contribution in [-0.2, 0) is 6.61 Å². The summed E-state index contributed by atoms with van der Waals surface area (Å²) in [6, 6.07) is 12.7. The predicted molar refractivity (Wildman–Crippen MR) is 112 cm³/mol. The molecule has 0 radical (unpaired) electrons. The first-order valence-corrected chi connectivity index (χ1v) is 10.0. The van der Waals surface area contributed by atoms with E-state index in [1.807, 2.05) is 6.07 Å². The zero-order valence-corrected chi connectivity index (χ0v) is 17.4. The number of nitrogens with zero attached hydrogens (tertiary/aromatic N) is 3. The van der Waals surface area contributed by atoms with Crippen molar-refractivity contribution in [2.24, 2.45) is 0 Å². The van der Waals surface area contributed by atoms with Crippen molar-refractivity contribution < 1.29 is 27.0 Å². The molecule has 0 aliphatic carbocycles. The lowest BCUT2D eigenvalue weighted by atomic mass is 10.1. The van der Waals surface area contributed by atoms with Gasteiger partial charge in [0.05, 0.1) is 18.7 Å². The molecule has 11 heteroatoms. The maximum atomic E-state index is 14.5. The third kappa shape index (κ3) is 6.24. The van der Waals surface area contributed by atoms with Gasteiger partial charge in [0.2, 0.25) is 11.8 Å². The summed E-state index contributed by atoms with van der Waals surface area (Å²) in [4.78, 5) is 8.17. The van der Waals surface area contributed by atoms with Crippen LogP contribution in [-0.4, -0.2) is 29.0 Å². The van der Waals surface area contributed by atoms with Gasteiger partial charge in [-0.2, -0.15) is 18.4 Å². The van der Waals surface area contributed by atoms with Crippen LogP contribution in [0.15, 0.2) is 48.7 Å². The van der Waals surface area contributed by atoms with Crippen LogP contribution in [0, 0.1) is 17.1 Å². The van der Waals surface area contributed by atoms with Crippen molar-refractivity contribution in [3.05, 3.63) is 65.6 Å². The molecule has 1 N–H and O–H groups in total. The quantitative estimate of drug-likeness (QED) is 0.355. The maximum Gasteiger partial charge on any atom is 0.399 e. The van der Waals surface area contributed by atoms with Gasteiger partial charge in [0.25, 0.3) is 0 Å². The van der Waals surface area contributed by atoms with Crippen molar-refractivity contribution in [2.45, 2.75) is 12.8 Å². The second-order valence-electron chi connectivity index (χ2n) is 6.37. The van der Waals surface area contributed by atoms with E-state index in [9.17, 15) is 17.6 Å². The van der Waals surface area contributed by atoms with Crippen molar-refractivity contribution >= 4 is 17.6 Å². The highest BCUT2D eigenvalue weighted by Crippen LogP contribution is 2.32. The first kappa shape index (κ1) is 23.1. The SMILES string of the molecule is COc1ncc(-c2nc(OCc3cccc(C#N)c3)ccc2F)cc1NSCC(F)(F)F. The van der Waals surface area contributed by atoms with Crippen LogP contribution in [0.3, 0.4) is 0 Å². The Hall–Kier alpha value is -3.52. The summed E-state index contributed by atoms with van der Waals surface area (Å²) in [7, 11) is 1.32. The third-order valence-corrected chi connectivity index (χ3v) is 4.84. The number of nitriles is 1. The number of benzene rings is 1. The number of alkyl halides is 3. The molecule has 0 unspecified atom stereocenters. The number of hydrogen-bond donors (Lipinski definition) is 1. The molecule has 0 amide bonds. The molecule has 3 rings (SSSR count). The summed E-state index contributed by atoms with van der Waals surface area (Å²) in [5, 5.41) is 8.97. The fourth-order valence-electron chi connectivity index (χ4n) is 2.61. The first-order chi connectivity index (χ1) is 15.3. The van der Waals surface area contributed by atoms with Crippen LogP contribution in [0.4, 0.5) is 23.2 Å². The molecule has 0 atom stereocenters. The van der Waals surface area contributed by atoms with Gasteiger partial charge in [-0.05, 0) is 41.8 Å². The molecule has 0 aliphatic heterocycles. The topological polar surface area (TPSA) is 80.1 Å². The lowest BCUT2D eigenvalue weighted by Gasteiger charge is -2.13. The summed E-state index contributed by atoms with van der Waals surface area (Å²) in [5.41, 5.74) is 1.48. The molecule has 0 spiro atoms. The molecule has 0 bridgehead atoms. The van der Waals surface area contributed by atoms with Crippen molar-refractivity contribution in [1.29, 1.82) is 5.26 Å². The van der Waals surface area contributed by atoms with E-state index in [4.69, 9.17) is 14.7 Å². The Morgan fingerprint density at radius 1 is 1.19 bits per heavy atom. The third-order valence-electron chi connectivity index (χ3n) is 4.00. The Kier molecular flexibility index (Phi) is 7.37. The van der Waals surface area contributed by atoms with E-state index in [1.165, 1.54) is 31.5 Å². The van der Waals surface area contributed by atoms with Crippen LogP contribution in [0.1, 0.15) is 11.1 Å². The summed E-state index contributed by atoms with van der Waals surface area (Å²) in [6.45, 7) is 0.106. The molecule has 1 aromatic carbocycles. The Balaban J connectivity index is 1.80. The van der Waals surface area contributed by atoms with Crippen LogP contribution >= 0.6 is 11.9 Å². The predicted octanol–water partition coefficient (Wildman–Crippen LogP) is 5.36. The summed E-state index contributed by atoms with van der Waals surface area (Å²) >= 11 is 0.406. The second kappa shape index (κ2) is 10.2. The highest BCUT2D eigenvalue weighted by atomic mass is 32.2. The van der Waals surface area contributed by atoms with Crippen molar-refractivity contribution in [3.8, 4) is 29.1 Å². The van der Waals surface area contributed by atoms with E-state index in [2.05, 4.69) is 14.7 Å². The van der Waals surface area contributed by atoms with Crippen LogP contribution in [0.2, 0.25) is 0 Å². The summed E-state index contributed by atoms with van der Waals surface area (Å²) in [5.74, 6) is -1.62. The van der Waals surface area contributed by atoms with Gasteiger partial charge < -0.3 is 14.2 Å². The average molecular weight is 464 g/mol. The van der Waals surface area contributed by atoms with Crippen molar-refractivity contribution in [2.75, 3.05) is 17.6 Å². The molecule has 2 aromatic heterocycles. The number of hydrogen-bond acceptors (Lipinski definition) is 7. The number of ether oxygens (including phenoxy) is 2. The highest BCUT2D eigenvalue weighted by molar-refractivity contribution is 8.00. The van der Waals surface area contributed by atoms with Gasteiger partial charge >= 0.3 is 6.18 Å². The Bertz CT molecular complexity index is 1140. The van der Waals surface area contributed by atoms with Crippen molar-refractivity contribution in [1.82, 2.24) is 9.97 Å². The van der Waals surface area contributed by atoms with E-state index in [0.717, 1.165) is 5.56 Å². The zero-order valence-electron chi connectivity index (χ0n) is 16.6. The zero-order chi connectivity index (χ0) is 23.1. The fourth-order valence-corrected chi connectivity index (χ4v) is 3.15. The number of methoxy groups -OCH3 is 1. The number of pyridine rings is 2. The van der Waals surface area contributed by atoms with E-state index < -0.39 is 17.7 Å². The van der Waals surface area contributed by atoms with Gasteiger partial charge in [-0.25, -0.2) is 14.4 Å². The van der Waals surface area contributed by atoms with E-state index in [0.29, 0.717) is 17.5 Å². The monoisotopic (exact) mass is 464 g/mol. The number of rotatable bonds is 8. The van der Waals surface area contributed by atoms with Gasteiger partial charge in [-0.1, -0.05) is 12.1 Å². The molecular weight excluding hydrogens is 448 g/mol. The molecule has 32 heavy (non-hydrogen) atoms. The Labute approximate surface area is 185 Å². The normalized spacial score (nSPS) is 11.0. The van der Waals surface area contributed by atoms with Gasteiger partial charge in [-0.15, -0.1) is 0 Å². The first-order valence-electron chi connectivity index (χ1n) is 9.06. The standard InChI is InChI=1S/C21H16F4N4O2S/c1-30-20-17(29-32-12-21(23,24)25)8-15(10-27-20)19-16(22)5-6-18(28-19)31-11-14-4-2-3-13(7-14)9-26/h2-8,10,29H,11-12H2,1H3. The minimum absolute atomic E-state index is 0.0496. The van der Waals surface area contributed by atoms with Gasteiger partial charge in [0, 0.05) is 17.8 Å². The molecular formula is C21H16F4N4O2S. The van der Waals surface area contributed by atoms with Gasteiger partial charge in [0.15, 0.2) is 0 Å². The smallest absolute Gasteiger partial charge is 0.399 e. The van der Waals surface area contributed by atoms with Crippen LogP contribution in [0.25, 0.3) is 11.3 Å². The summed E-state index contributed by atoms with van der Waals surface area (Å²) < 4.78 is 64.9. The van der Waals surface area contributed by atoms with E-state index in [1.54, 1.807) is 24.3 Å². The van der Waals surface area contributed by atoms with Crippen molar-refractivity contribution in [3.63, 3.8) is 0 Å².